The van der Waals surface area contributed by atoms with Gasteiger partial charge in [0.2, 0.25) is 23.5 Å². The van der Waals surface area contributed by atoms with Gasteiger partial charge in [-0.1, -0.05) is 45.9 Å². The molecule has 2 aromatic heterocycles. The summed E-state index contributed by atoms with van der Waals surface area (Å²) in [6.45, 7) is 0. The molecule has 14 heteroatoms. The molecule has 2 heterocycles. The quantitative estimate of drug-likeness (QED) is 0.263. The highest BCUT2D eigenvalue weighted by molar-refractivity contribution is 7.87. The summed E-state index contributed by atoms with van der Waals surface area (Å²) in [6, 6.07) is 13.8. The Bertz CT molecular complexity index is 1460. The van der Waals surface area contributed by atoms with E-state index in [0.29, 0.717) is 0 Å². The van der Waals surface area contributed by atoms with Gasteiger partial charge in [-0.15, -0.1) is 0 Å². The van der Waals surface area contributed by atoms with Gasteiger partial charge in [0.1, 0.15) is 9.79 Å². The van der Waals surface area contributed by atoms with Crippen LogP contribution in [0.1, 0.15) is 0 Å². The summed E-state index contributed by atoms with van der Waals surface area (Å²) >= 11 is 0. The van der Waals surface area contributed by atoms with Gasteiger partial charge in [-0.05, 0) is 24.3 Å². The monoisotopic (exact) mass is 506 g/mol. The van der Waals surface area contributed by atoms with Crippen molar-refractivity contribution in [2.24, 2.45) is 0 Å². The first-order valence-electron chi connectivity index (χ1n) is 9.38. The maximum absolute atomic E-state index is 12.5. The first-order valence-corrected chi connectivity index (χ1v) is 12.2. The second-order valence-electron chi connectivity index (χ2n) is 7.07. The van der Waals surface area contributed by atoms with Crippen LogP contribution in [0, 0.1) is 0 Å². The van der Waals surface area contributed by atoms with Crippen molar-refractivity contribution in [3.05, 3.63) is 60.7 Å². The van der Waals surface area contributed by atoms with Crippen LogP contribution in [0.5, 0.6) is 23.5 Å². The first-order chi connectivity index (χ1) is 16.0. The van der Waals surface area contributed by atoms with Gasteiger partial charge in [-0.3, -0.25) is 8.57 Å². The fraction of sp³-hybridized carbons (Fsp3) is 0. The number of benzene rings is 2. The Labute approximate surface area is 191 Å². The largest absolute Gasteiger partial charge is 0.492 e. The van der Waals surface area contributed by atoms with Crippen LogP contribution in [0.3, 0.4) is 0 Å². The molecule has 12 nitrogen and oxygen atoms in total. The molecule has 2 aromatic carbocycles. The van der Waals surface area contributed by atoms with Crippen LogP contribution < -0.4 is 8.57 Å². The second-order valence-corrected chi connectivity index (χ2v) is 10.1. The molecule has 34 heavy (non-hydrogen) atoms. The van der Waals surface area contributed by atoms with Gasteiger partial charge < -0.3 is 20.4 Å². The lowest BCUT2D eigenvalue weighted by Gasteiger charge is -2.13. The van der Waals surface area contributed by atoms with Crippen LogP contribution in [0.4, 0.5) is 0 Å². The molecule has 1 aliphatic carbocycles. The van der Waals surface area contributed by atoms with Gasteiger partial charge in [0.15, 0.2) is 0 Å². The standard InChI is InChI=1S/C20H14N2O10S2/c23-17-13-14(18(24)21(17)31-33(27,28)11-7-3-1-4-8-11)16-15(13)19(25)22(20(16)26)32-34(29,30)12-9-5-2-6-10-12/h1-10,23-26H. The Morgan fingerprint density at radius 2 is 0.765 bits per heavy atom. The SMILES string of the molecule is O=S(=O)(On1c(O)c2c(c1O)-c1c-2c(O)n(OS(=O)(=O)c2ccccc2)c1O)c1ccccc1. The molecule has 4 N–H and O–H groups in total. The van der Waals surface area contributed by atoms with Crippen molar-refractivity contribution in [2.75, 3.05) is 0 Å². The van der Waals surface area contributed by atoms with Crippen LogP contribution >= 0.6 is 0 Å². The summed E-state index contributed by atoms with van der Waals surface area (Å²) in [7, 11) is -8.96. The van der Waals surface area contributed by atoms with E-state index in [-0.39, 0.29) is 41.5 Å². The van der Waals surface area contributed by atoms with E-state index < -0.39 is 43.8 Å². The molecule has 0 bridgehead atoms. The molecule has 0 amide bonds. The van der Waals surface area contributed by atoms with E-state index in [1.165, 1.54) is 48.5 Å². The van der Waals surface area contributed by atoms with Crippen molar-refractivity contribution >= 4 is 20.2 Å². The van der Waals surface area contributed by atoms with Gasteiger partial charge in [-0.25, -0.2) is 0 Å². The van der Waals surface area contributed by atoms with Gasteiger partial charge in [0.25, 0.3) is 0 Å². The Hall–Kier alpha value is -4.30. The fourth-order valence-electron chi connectivity index (χ4n) is 3.54. The Morgan fingerprint density at radius 1 is 0.500 bits per heavy atom. The van der Waals surface area contributed by atoms with E-state index in [1.807, 2.05) is 0 Å². The van der Waals surface area contributed by atoms with E-state index in [1.54, 1.807) is 12.1 Å². The zero-order valence-electron chi connectivity index (χ0n) is 16.7. The third-order valence-corrected chi connectivity index (χ3v) is 7.46. The average Bonchev–Trinajstić information content (AvgIpc) is 3.10. The number of fused-ring (bicyclic) bond motifs is 4. The van der Waals surface area contributed by atoms with Gasteiger partial charge in [0, 0.05) is 0 Å². The lowest BCUT2D eigenvalue weighted by molar-refractivity contribution is 0.201. The molecule has 0 saturated heterocycles. The molecule has 1 aliphatic rings. The topological polar surface area (TPSA) is 178 Å². The Morgan fingerprint density at radius 3 is 1.03 bits per heavy atom. The van der Waals surface area contributed by atoms with E-state index in [4.69, 9.17) is 8.57 Å². The molecule has 0 spiro atoms. The van der Waals surface area contributed by atoms with Crippen LogP contribution in [0.25, 0.3) is 22.3 Å². The Kier molecular flexibility index (Phi) is 4.50. The first kappa shape index (κ1) is 21.5. The van der Waals surface area contributed by atoms with Crippen molar-refractivity contribution in [1.29, 1.82) is 0 Å². The summed E-state index contributed by atoms with van der Waals surface area (Å²) in [6.07, 6.45) is 0. The molecule has 0 fully saturated rings. The zero-order chi connectivity index (χ0) is 24.4. The molecule has 0 saturated carbocycles. The third-order valence-electron chi connectivity index (χ3n) is 5.07. The van der Waals surface area contributed by atoms with E-state index in [9.17, 15) is 37.3 Å². The zero-order valence-corrected chi connectivity index (χ0v) is 18.4. The molecular weight excluding hydrogens is 492 g/mol. The summed E-state index contributed by atoms with van der Waals surface area (Å²) in [4.78, 5) is -0.528. The summed E-state index contributed by atoms with van der Waals surface area (Å²) in [5.41, 5.74) is -1.16. The fourth-order valence-corrected chi connectivity index (χ4v) is 5.36. The van der Waals surface area contributed by atoms with E-state index >= 15 is 0 Å². The van der Waals surface area contributed by atoms with Crippen LogP contribution in [-0.4, -0.2) is 46.7 Å². The minimum Gasteiger partial charge on any atom is -0.492 e. The maximum Gasteiger partial charge on any atom is 0.357 e. The van der Waals surface area contributed by atoms with E-state index in [0.717, 1.165) is 0 Å². The highest BCUT2D eigenvalue weighted by atomic mass is 32.2. The number of rotatable bonds is 6. The molecular formula is C20H14N2O10S2. The van der Waals surface area contributed by atoms with Gasteiger partial charge in [0.05, 0.1) is 22.3 Å². The lowest BCUT2D eigenvalue weighted by Crippen LogP contribution is -2.20. The number of aromatic nitrogens is 2. The minimum absolute atomic E-state index is 0.206. The third kappa shape index (κ3) is 2.96. The van der Waals surface area contributed by atoms with Gasteiger partial charge >= 0.3 is 20.2 Å². The van der Waals surface area contributed by atoms with Crippen LogP contribution in [0.2, 0.25) is 0 Å². The molecule has 0 unspecified atom stereocenters. The highest BCUT2D eigenvalue weighted by Crippen LogP contribution is 2.64. The predicted octanol–water partition coefficient (Wildman–Crippen LogP) is 1.39. The summed E-state index contributed by atoms with van der Waals surface area (Å²) in [5.74, 6) is -3.67. The van der Waals surface area contributed by atoms with Gasteiger partial charge in [-0.2, -0.15) is 16.8 Å². The lowest BCUT2D eigenvalue weighted by atomic mass is 9.86. The van der Waals surface area contributed by atoms with E-state index in [2.05, 4.69) is 0 Å². The van der Waals surface area contributed by atoms with Crippen LogP contribution in [-0.2, 0) is 20.2 Å². The van der Waals surface area contributed by atoms with Crippen molar-refractivity contribution in [2.45, 2.75) is 9.79 Å². The highest BCUT2D eigenvalue weighted by Gasteiger charge is 2.46. The smallest absolute Gasteiger partial charge is 0.357 e. The minimum atomic E-state index is -4.48. The predicted molar refractivity (Wildman–Crippen MR) is 114 cm³/mol. The molecule has 4 aromatic rings. The van der Waals surface area contributed by atoms with Crippen molar-refractivity contribution in [3.63, 3.8) is 0 Å². The van der Waals surface area contributed by atoms with Crippen molar-refractivity contribution in [1.82, 2.24) is 9.46 Å². The normalized spacial score (nSPS) is 12.5. The number of nitrogens with zero attached hydrogens (tertiary/aromatic N) is 2. The average molecular weight is 506 g/mol. The second kappa shape index (κ2) is 7.10. The summed E-state index contributed by atoms with van der Waals surface area (Å²) in [5, 5.41) is 42.0. The van der Waals surface area contributed by atoms with Crippen molar-refractivity contribution in [3.8, 4) is 45.8 Å². The Balaban J connectivity index is 1.54. The summed E-state index contributed by atoms with van der Waals surface area (Å²) < 4.78 is 60.0. The number of hydrogen-bond donors (Lipinski definition) is 4. The number of hydrogen-bond acceptors (Lipinski definition) is 10. The molecule has 0 radical (unpaired) electrons. The molecule has 0 aliphatic heterocycles. The van der Waals surface area contributed by atoms with Crippen molar-refractivity contribution < 1.29 is 45.8 Å². The molecule has 176 valence electrons. The maximum atomic E-state index is 12.5. The molecule has 5 rings (SSSR count). The number of aromatic hydroxyl groups is 4. The van der Waals surface area contributed by atoms with Crippen LogP contribution in [0.15, 0.2) is 70.5 Å². The molecule has 0 atom stereocenters.